The maximum Gasteiger partial charge on any atom is 0.137 e. The van der Waals surface area contributed by atoms with E-state index in [4.69, 9.17) is 9.47 Å². The number of pyridine rings is 1. The maximum absolute atomic E-state index is 5.82. The topological polar surface area (TPSA) is 43.4 Å². The highest BCUT2D eigenvalue weighted by atomic mass is 35.5. The molecule has 0 radical (unpaired) electrons. The monoisotopic (exact) mass is 298 g/mol. The minimum Gasteiger partial charge on any atom is -0.490 e. The van der Waals surface area contributed by atoms with Gasteiger partial charge < -0.3 is 14.8 Å². The number of nitrogens with one attached hydrogen (secondary N) is 1. The van der Waals surface area contributed by atoms with E-state index < -0.39 is 0 Å². The van der Waals surface area contributed by atoms with Crippen molar-refractivity contribution in [3.8, 4) is 5.75 Å². The number of hydrogen-bond donors (Lipinski definition) is 1. The SMILES string of the molecule is COCCC1(c2cncc(OC[C@@H]3CCN3)c2)CC1.Cl. The van der Waals surface area contributed by atoms with Gasteiger partial charge in [-0.2, -0.15) is 0 Å². The van der Waals surface area contributed by atoms with Gasteiger partial charge >= 0.3 is 0 Å². The van der Waals surface area contributed by atoms with Crippen molar-refractivity contribution < 1.29 is 9.47 Å². The molecule has 2 heterocycles. The molecule has 1 aromatic rings. The largest absolute Gasteiger partial charge is 0.490 e. The average molecular weight is 299 g/mol. The van der Waals surface area contributed by atoms with Crippen molar-refractivity contribution in [1.29, 1.82) is 0 Å². The highest BCUT2D eigenvalue weighted by Crippen LogP contribution is 2.51. The fourth-order valence-electron chi connectivity index (χ4n) is 2.61. The van der Waals surface area contributed by atoms with E-state index in [1.165, 1.54) is 24.8 Å². The fraction of sp³-hybridized carbons (Fsp3) is 0.667. The van der Waals surface area contributed by atoms with Crippen LogP contribution in [0.25, 0.3) is 0 Å². The van der Waals surface area contributed by atoms with Crippen molar-refractivity contribution in [2.24, 2.45) is 0 Å². The summed E-state index contributed by atoms with van der Waals surface area (Å²) in [6, 6.07) is 2.68. The van der Waals surface area contributed by atoms with Crippen LogP contribution in [-0.4, -0.2) is 37.9 Å². The van der Waals surface area contributed by atoms with E-state index in [0.29, 0.717) is 11.5 Å². The van der Waals surface area contributed by atoms with Gasteiger partial charge in [0.05, 0.1) is 6.20 Å². The van der Waals surface area contributed by atoms with Crippen molar-refractivity contribution in [3.63, 3.8) is 0 Å². The Bertz CT molecular complexity index is 434. The molecule has 4 nitrogen and oxygen atoms in total. The van der Waals surface area contributed by atoms with Gasteiger partial charge in [0.2, 0.25) is 0 Å². The van der Waals surface area contributed by atoms with Crippen LogP contribution in [0.5, 0.6) is 5.75 Å². The molecule has 0 spiro atoms. The smallest absolute Gasteiger partial charge is 0.137 e. The second kappa shape index (κ2) is 6.74. The number of rotatable bonds is 7. The van der Waals surface area contributed by atoms with Crippen LogP contribution in [0.3, 0.4) is 0 Å². The Morgan fingerprint density at radius 3 is 2.80 bits per heavy atom. The molecular formula is C15H23ClN2O2. The molecule has 1 N–H and O–H groups in total. The molecule has 1 aliphatic carbocycles. The predicted octanol–water partition coefficient (Wildman–Crippen LogP) is 2.31. The van der Waals surface area contributed by atoms with E-state index in [0.717, 1.165) is 31.9 Å². The highest BCUT2D eigenvalue weighted by Gasteiger charge is 2.44. The first-order valence-corrected chi connectivity index (χ1v) is 7.13. The van der Waals surface area contributed by atoms with Crippen LogP contribution >= 0.6 is 12.4 Å². The second-order valence-corrected chi connectivity index (χ2v) is 5.68. The summed E-state index contributed by atoms with van der Waals surface area (Å²) in [6.07, 6.45) is 8.58. The van der Waals surface area contributed by atoms with E-state index in [2.05, 4.69) is 16.4 Å². The highest BCUT2D eigenvalue weighted by molar-refractivity contribution is 5.85. The Balaban J connectivity index is 0.00000147. The first-order chi connectivity index (χ1) is 9.32. The zero-order valence-corrected chi connectivity index (χ0v) is 12.7. The third kappa shape index (κ3) is 3.43. The molecule has 112 valence electrons. The molecular weight excluding hydrogens is 276 g/mol. The Kier molecular flexibility index (Phi) is 5.24. The van der Waals surface area contributed by atoms with Gasteiger partial charge in [0.25, 0.3) is 0 Å². The minimum absolute atomic E-state index is 0. The molecule has 1 saturated heterocycles. The number of ether oxygens (including phenoxy) is 2. The quantitative estimate of drug-likeness (QED) is 0.839. The van der Waals surface area contributed by atoms with Gasteiger partial charge in [0.1, 0.15) is 12.4 Å². The summed E-state index contributed by atoms with van der Waals surface area (Å²) in [7, 11) is 1.76. The number of nitrogens with zero attached hydrogens (tertiary/aromatic N) is 1. The summed E-state index contributed by atoms with van der Waals surface area (Å²) in [4.78, 5) is 4.33. The van der Waals surface area contributed by atoms with Crippen LogP contribution in [0.2, 0.25) is 0 Å². The molecule has 2 fully saturated rings. The van der Waals surface area contributed by atoms with Gasteiger partial charge in [0, 0.05) is 26.0 Å². The van der Waals surface area contributed by atoms with E-state index in [1.807, 2.05) is 12.4 Å². The second-order valence-electron chi connectivity index (χ2n) is 5.68. The molecule has 1 aliphatic heterocycles. The van der Waals surface area contributed by atoms with Gasteiger partial charge in [-0.15, -0.1) is 12.4 Å². The van der Waals surface area contributed by atoms with Crippen molar-refractivity contribution in [1.82, 2.24) is 10.3 Å². The van der Waals surface area contributed by atoms with Gasteiger partial charge in [0.15, 0.2) is 0 Å². The van der Waals surface area contributed by atoms with Gasteiger partial charge in [-0.25, -0.2) is 0 Å². The third-order valence-corrected chi connectivity index (χ3v) is 4.34. The lowest BCUT2D eigenvalue weighted by atomic mass is 9.94. The summed E-state index contributed by atoms with van der Waals surface area (Å²) in [6.45, 7) is 2.68. The minimum atomic E-state index is 0. The van der Waals surface area contributed by atoms with Crippen LogP contribution in [0.1, 0.15) is 31.2 Å². The average Bonchev–Trinajstić information content (AvgIpc) is 3.16. The first kappa shape index (κ1) is 15.5. The van der Waals surface area contributed by atoms with E-state index in [-0.39, 0.29) is 12.4 Å². The van der Waals surface area contributed by atoms with Crippen LogP contribution < -0.4 is 10.1 Å². The summed E-state index contributed by atoms with van der Waals surface area (Å²) in [5.74, 6) is 0.898. The number of aromatic nitrogens is 1. The number of methoxy groups -OCH3 is 1. The molecule has 3 rings (SSSR count). The summed E-state index contributed by atoms with van der Waals surface area (Å²) < 4.78 is 11.0. The first-order valence-electron chi connectivity index (χ1n) is 7.13. The molecule has 0 bridgehead atoms. The zero-order valence-electron chi connectivity index (χ0n) is 11.9. The lowest BCUT2D eigenvalue weighted by Crippen LogP contribution is -2.46. The number of hydrogen-bond acceptors (Lipinski definition) is 4. The molecule has 2 aliphatic rings. The molecule has 1 aromatic heterocycles. The summed E-state index contributed by atoms with van der Waals surface area (Å²) in [5, 5.41) is 3.34. The predicted molar refractivity (Wildman–Crippen MR) is 80.8 cm³/mol. The summed E-state index contributed by atoms with van der Waals surface area (Å²) >= 11 is 0. The molecule has 20 heavy (non-hydrogen) atoms. The third-order valence-electron chi connectivity index (χ3n) is 4.34. The van der Waals surface area contributed by atoms with Crippen LogP contribution in [-0.2, 0) is 10.2 Å². The van der Waals surface area contributed by atoms with Gasteiger partial charge in [-0.05, 0) is 49.3 Å². The molecule has 5 heteroatoms. The van der Waals surface area contributed by atoms with E-state index in [9.17, 15) is 0 Å². The normalized spacial score (nSPS) is 22.6. The zero-order chi connectivity index (χ0) is 13.1. The molecule has 1 saturated carbocycles. The molecule has 1 atom stereocenters. The fourth-order valence-corrected chi connectivity index (χ4v) is 2.61. The molecule has 0 unspecified atom stereocenters. The Labute approximate surface area is 126 Å². The Morgan fingerprint density at radius 1 is 1.40 bits per heavy atom. The number of halogens is 1. The van der Waals surface area contributed by atoms with Crippen molar-refractivity contribution in [2.45, 2.75) is 37.1 Å². The van der Waals surface area contributed by atoms with Crippen LogP contribution in [0, 0.1) is 0 Å². The summed E-state index contributed by atoms with van der Waals surface area (Å²) in [5.41, 5.74) is 1.61. The van der Waals surface area contributed by atoms with Crippen molar-refractivity contribution >= 4 is 12.4 Å². The lowest BCUT2D eigenvalue weighted by molar-refractivity contribution is 0.184. The standard InChI is InChI=1S/C15H22N2O2.ClH/c1-18-7-5-15(3-4-15)12-8-14(10-16-9-12)19-11-13-2-6-17-13;/h8-10,13,17H,2-7,11H2,1H3;1H/t13-;/m0./s1. The molecule has 0 aromatic carbocycles. The lowest BCUT2D eigenvalue weighted by Gasteiger charge is -2.27. The van der Waals surface area contributed by atoms with Crippen molar-refractivity contribution in [2.75, 3.05) is 26.9 Å². The molecule has 0 amide bonds. The maximum atomic E-state index is 5.82. The Morgan fingerprint density at radius 2 is 2.20 bits per heavy atom. The van der Waals surface area contributed by atoms with Crippen LogP contribution in [0.15, 0.2) is 18.5 Å². The Hall–Kier alpha value is -0.840. The van der Waals surface area contributed by atoms with Crippen molar-refractivity contribution in [3.05, 3.63) is 24.0 Å². The van der Waals surface area contributed by atoms with Crippen LogP contribution in [0.4, 0.5) is 0 Å². The van der Waals surface area contributed by atoms with E-state index in [1.54, 1.807) is 7.11 Å². The van der Waals surface area contributed by atoms with Gasteiger partial charge in [-0.1, -0.05) is 0 Å². The van der Waals surface area contributed by atoms with Gasteiger partial charge in [-0.3, -0.25) is 4.98 Å². The van der Waals surface area contributed by atoms with E-state index >= 15 is 0 Å².